The number of amides is 2. The van der Waals surface area contributed by atoms with Crippen LogP contribution in [0.25, 0.3) is 0 Å². The van der Waals surface area contributed by atoms with Gasteiger partial charge in [-0.2, -0.15) is 0 Å². The summed E-state index contributed by atoms with van der Waals surface area (Å²) >= 11 is 0. The SMILES string of the molecule is CC(C1CC1)N(C(=O)N(c1ccccc1)[Si](C)(C)C(C)(C)C)C1CCCCC1. The van der Waals surface area contributed by atoms with Crippen molar-refractivity contribution in [2.45, 2.75) is 103 Å². The van der Waals surface area contributed by atoms with Crippen molar-refractivity contribution in [2.75, 3.05) is 4.57 Å². The normalized spacial score (nSPS) is 19.9. The first-order valence-corrected chi connectivity index (χ1v) is 14.3. The first-order chi connectivity index (χ1) is 13.1. The van der Waals surface area contributed by atoms with Crippen LogP contribution in [0.5, 0.6) is 0 Å². The van der Waals surface area contributed by atoms with Crippen LogP contribution in [0.1, 0.15) is 72.6 Å². The summed E-state index contributed by atoms with van der Waals surface area (Å²) in [6, 6.07) is 11.5. The van der Waals surface area contributed by atoms with E-state index in [0.717, 1.165) is 5.69 Å². The fourth-order valence-electron chi connectivity index (χ4n) is 4.53. The zero-order chi connectivity index (χ0) is 20.5. The summed E-state index contributed by atoms with van der Waals surface area (Å²) in [6.45, 7) is 13.9. The quantitative estimate of drug-likeness (QED) is 0.486. The van der Waals surface area contributed by atoms with Crippen LogP contribution in [-0.2, 0) is 0 Å². The number of para-hydroxylation sites is 1. The lowest BCUT2D eigenvalue weighted by Crippen LogP contribution is -2.64. The summed E-state index contributed by atoms with van der Waals surface area (Å²) in [7, 11) is -2.08. The Morgan fingerprint density at radius 1 is 1.00 bits per heavy atom. The molecule has 1 unspecified atom stereocenters. The maximum atomic E-state index is 14.3. The summed E-state index contributed by atoms with van der Waals surface area (Å²) in [5.74, 6) is 0.697. The van der Waals surface area contributed by atoms with Crippen molar-refractivity contribution in [1.29, 1.82) is 0 Å². The summed E-state index contributed by atoms with van der Waals surface area (Å²) in [4.78, 5) is 16.6. The number of hydrogen-bond donors (Lipinski definition) is 0. The van der Waals surface area contributed by atoms with E-state index >= 15 is 0 Å². The van der Waals surface area contributed by atoms with Gasteiger partial charge in [0.05, 0.1) is 0 Å². The fourth-order valence-corrected chi connectivity index (χ4v) is 6.59. The van der Waals surface area contributed by atoms with Crippen molar-refractivity contribution in [3.8, 4) is 0 Å². The lowest BCUT2D eigenvalue weighted by molar-refractivity contribution is 0.127. The number of nitrogens with zero attached hydrogens (tertiary/aromatic N) is 2. The number of urea groups is 1. The lowest BCUT2D eigenvalue weighted by atomic mass is 9.93. The van der Waals surface area contributed by atoms with Crippen LogP contribution >= 0.6 is 0 Å². The first-order valence-electron chi connectivity index (χ1n) is 11.3. The van der Waals surface area contributed by atoms with E-state index in [1.54, 1.807) is 0 Å². The number of hydrogen-bond acceptors (Lipinski definition) is 1. The minimum absolute atomic E-state index is 0.0968. The van der Waals surface area contributed by atoms with E-state index < -0.39 is 8.24 Å². The summed E-state index contributed by atoms with van der Waals surface area (Å²) in [5.41, 5.74) is 1.07. The molecule has 0 saturated heterocycles. The van der Waals surface area contributed by atoms with Crippen LogP contribution in [0.4, 0.5) is 10.5 Å². The third-order valence-electron chi connectivity index (χ3n) is 7.53. The van der Waals surface area contributed by atoms with Crippen LogP contribution < -0.4 is 4.57 Å². The standard InChI is InChI=1S/C24H40N2OSi/c1-19(20-17-18-20)25(21-13-9-7-10-14-21)23(27)26(22-15-11-8-12-16-22)28(5,6)24(2,3)4/h8,11-12,15-16,19-21H,7,9-10,13-14,17-18H2,1-6H3. The van der Waals surface area contributed by atoms with E-state index in [9.17, 15) is 4.79 Å². The molecular weight excluding hydrogens is 360 g/mol. The Bertz CT molecular complexity index is 657. The highest BCUT2D eigenvalue weighted by Gasteiger charge is 2.48. The van der Waals surface area contributed by atoms with Gasteiger partial charge in [0.1, 0.15) is 0 Å². The van der Waals surface area contributed by atoms with Gasteiger partial charge in [0.25, 0.3) is 0 Å². The molecule has 1 aromatic carbocycles. The number of rotatable bonds is 5. The molecular formula is C24H40N2OSi. The molecule has 4 heteroatoms. The molecule has 2 aliphatic rings. The molecule has 0 aliphatic heterocycles. The van der Waals surface area contributed by atoms with E-state index in [1.165, 1.54) is 44.9 Å². The van der Waals surface area contributed by atoms with E-state index in [2.05, 4.69) is 74.5 Å². The van der Waals surface area contributed by atoms with Gasteiger partial charge < -0.3 is 9.47 Å². The van der Waals surface area contributed by atoms with E-state index in [4.69, 9.17) is 0 Å². The molecule has 0 aromatic heterocycles. The third kappa shape index (κ3) is 4.32. The molecule has 3 nitrogen and oxygen atoms in total. The van der Waals surface area contributed by atoms with Crippen LogP contribution in [0.15, 0.2) is 30.3 Å². The first kappa shape index (κ1) is 21.4. The zero-order valence-electron chi connectivity index (χ0n) is 18.9. The lowest BCUT2D eigenvalue weighted by Gasteiger charge is -2.50. The van der Waals surface area contributed by atoms with Crippen LogP contribution in [0, 0.1) is 5.92 Å². The van der Waals surface area contributed by atoms with Crippen molar-refractivity contribution >= 4 is 20.0 Å². The Labute approximate surface area is 173 Å². The topological polar surface area (TPSA) is 23.6 Å². The molecule has 0 heterocycles. The zero-order valence-corrected chi connectivity index (χ0v) is 19.9. The second-order valence-corrected chi connectivity index (χ2v) is 15.6. The summed E-state index contributed by atoms with van der Waals surface area (Å²) < 4.78 is 2.24. The Hall–Kier alpha value is -1.29. The molecule has 1 atom stereocenters. The van der Waals surface area contributed by atoms with Crippen LogP contribution in [-0.4, -0.2) is 31.3 Å². The van der Waals surface area contributed by atoms with Gasteiger partial charge >= 0.3 is 6.03 Å². The van der Waals surface area contributed by atoms with Gasteiger partial charge in [-0.3, -0.25) is 0 Å². The Kier molecular flexibility index (Phi) is 6.28. The van der Waals surface area contributed by atoms with Gasteiger partial charge in [-0.25, -0.2) is 4.79 Å². The Morgan fingerprint density at radius 2 is 1.57 bits per heavy atom. The maximum Gasteiger partial charge on any atom is 0.316 e. The monoisotopic (exact) mass is 400 g/mol. The second-order valence-electron chi connectivity index (χ2n) is 10.5. The molecule has 0 N–H and O–H groups in total. The molecule has 28 heavy (non-hydrogen) atoms. The molecule has 0 bridgehead atoms. The van der Waals surface area contributed by atoms with Crippen molar-refractivity contribution in [3.05, 3.63) is 30.3 Å². The third-order valence-corrected chi connectivity index (χ3v) is 12.8. The molecule has 0 spiro atoms. The molecule has 3 rings (SSSR count). The van der Waals surface area contributed by atoms with E-state index in [1.807, 2.05) is 6.07 Å². The summed E-state index contributed by atoms with van der Waals surface area (Å²) in [5, 5.41) is 0.0968. The highest BCUT2D eigenvalue weighted by Crippen LogP contribution is 2.43. The minimum Gasteiger partial charge on any atom is -0.322 e. The molecule has 1 aromatic rings. The molecule has 2 saturated carbocycles. The number of benzene rings is 1. The van der Waals surface area contributed by atoms with Crippen molar-refractivity contribution in [3.63, 3.8) is 0 Å². The number of carbonyl (C=O) groups is 1. The number of carbonyl (C=O) groups excluding carboxylic acids is 1. The Balaban J connectivity index is 2.01. The highest BCUT2D eigenvalue weighted by molar-refractivity contribution is 6.86. The minimum atomic E-state index is -2.08. The fraction of sp³-hybridized carbons (Fsp3) is 0.708. The van der Waals surface area contributed by atoms with Crippen molar-refractivity contribution < 1.29 is 4.79 Å². The van der Waals surface area contributed by atoms with Crippen LogP contribution in [0.3, 0.4) is 0 Å². The molecule has 2 amide bonds. The van der Waals surface area contributed by atoms with Crippen molar-refractivity contribution in [2.24, 2.45) is 5.92 Å². The van der Waals surface area contributed by atoms with Gasteiger partial charge in [-0.15, -0.1) is 0 Å². The summed E-state index contributed by atoms with van der Waals surface area (Å²) in [6.07, 6.45) is 8.74. The average molecular weight is 401 g/mol. The van der Waals surface area contributed by atoms with E-state index in [-0.39, 0.29) is 11.1 Å². The molecule has 2 fully saturated rings. The molecule has 0 radical (unpaired) electrons. The highest BCUT2D eigenvalue weighted by atomic mass is 28.3. The van der Waals surface area contributed by atoms with Gasteiger partial charge in [-0.05, 0) is 55.7 Å². The predicted molar refractivity (Wildman–Crippen MR) is 122 cm³/mol. The molecule has 2 aliphatic carbocycles. The smallest absolute Gasteiger partial charge is 0.316 e. The van der Waals surface area contributed by atoms with Gasteiger partial charge in [0.2, 0.25) is 0 Å². The maximum absolute atomic E-state index is 14.3. The van der Waals surface area contributed by atoms with Gasteiger partial charge in [0.15, 0.2) is 8.24 Å². The van der Waals surface area contributed by atoms with Crippen LogP contribution in [0.2, 0.25) is 18.1 Å². The van der Waals surface area contributed by atoms with Crippen molar-refractivity contribution in [1.82, 2.24) is 4.90 Å². The van der Waals surface area contributed by atoms with Gasteiger partial charge in [0, 0.05) is 17.8 Å². The van der Waals surface area contributed by atoms with E-state index in [0.29, 0.717) is 18.0 Å². The van der Waals surface area contributed by atoms with Gasteiger partial charge in [-0.1, -0.05) is 71.3 Å². The largest absolute Gasteiger partial charge is 0.322 e. The molecule has 156 valence electrons. The second kappa shape index (κ2) is 8.21. The average Bonchev–Trinajstić information content (AvgIpc) is 3.48. The predicted octanol–water partition coefficient (Wildman–Crippen LogP) is 7.05. The Morgan fingerprint density at radius 3 is 2.07 bits per heavy atom. The number of anilines is 1.